The number of guanidine groups is 1. The van der Waals surface area contributed by atoms with Gasteiger partial charge in [-0.25, -0.2) is 0 Å². The van der Waals surface area contributed by atoms with Crippen molar-refractivity contribution in [2.24, 2.45) is 4.99 Å². The van der Waals surface area contributed by atoms with E-state index in [0.717, 1.165) is 57.1 Å². The molecule has 27 heavy (non-hydrogen) atoms. The third-order valence-electron chi connectivity index (χ3n) is 4.22. The Bertz CT molecular complexity index is 743. The molecule has 2 rings (SSSR count). The molecule has 0 radical (unpaired) electrons. The van der Waals surface area contributed by atoms with Gasteiger partial charge in [0.25, 0.3) is 5.56 Å². The van der Waals surface area contributed by atoms with Gasteiger partial charge in [-0.15, -0.1) is 24.0 Å². The summed E-state index contributed by atoms with van der Waals surface area (Å²) in [6.07, 6.45) is 2.87. The predicted molar refractivity (Wildman–Crippen MR) is 124 cm³/mol. The Labute approximate surface area is 179 Å². The Morgan fingerprint density at radius 3 is 2.52 bits per heavy atom. The molecule has 148 valence electrons. The molecule has 1 aromatic carbocycles. The van der Waals surface area contributed by atoms with Crippen LogP contribution in [0.4, 0.5) is 0 Å². The zero-order valence-electron chi connectivity index (χ0n) is 16.3. The van der Waals surface area contributed by atoms with Crippen molar-refractivity contribution in [3.63, 3.8) is 0 Å². The maximum absolute atomic E-state index is 11.8. The average molecular weight is 482 g/mol. The SMILES string of the molecule is CCNC(=NCCCCn1c(C)cccc1=O)NCCc1ccccc1.I. The van der Waals surface area contributed by atoms with Gasteiger partial charge in [0.1, 0.15) is 0 Å². The molecule has 1 heterocycles. The van der Waals surface area contributed by atoms with E-state index in [2.05, 4.69) is 46.8 Å². The van der Waals surface area contributed by atoms with Crippen LogP contribution in [0.1, 0.15) is 31.0 Å². The molecule has 0 unspecified atom stereocenters. The van der Waals surface area contributed by atoms with E-state index in [9.17, 15) is 4.79 Å². The monoisotopic (exact) mass is 482 g/mol. The van der Waals surface area contributed by atoms with E-state index >= 15 is 0 Å². The van der Waals surface area contributed by atoms with E-state index in [1.165, 1.54) is 5.56 Å². The lowest BCUT2D eigenvalue weighted by Gasteiger charge is -2.12. The van der Waals surface area contributed by atoms with Gasteiger partial charge in [0.05, 0.1) is 0 Å². The number of hydrogen-bond acceptors (Lipinski definition) is 2. The van der Waals surface area contributed by atoms with Gasteiger partial charge in [0.2, 0.25) is 0 Å². The van der Waals surface area contributed by atoms with Crippen LogP contribution in [0.3, 0.4) is 0 Å². The Kier molecular flexibility index (Phi) is 11.5. The van der Waals surface area contributed by atoms with E-state index < -0.39 is 0 Å². The minimum atomic E-state index is 0. The van der Waals surface area contributed by atoms with Crippen molar-refractivity contribution < 1.29 is 0 Å². The standard InChI is InChI=1S/C21H30N4O.HI/c1-3-22-21(24-16-14-19-11-5-4-6-12-19)23-15-7-8-17-25-18(2)10-9-13-20(25)26;/h4-6,9-13H,3,7-8,14-17H2,1-2H3,(H2,22,23,24);1H. The van der Waals surface area contributed by atoms with E-state index in [1.807, 2.05) is 29.7 Å². The molecular formula is C21H31IN4O. The summed E-state index contributed by atoms with van der Waals surface area (Å²) in [7, 11) is 0. The molecule has 1 aromatic heterocycles. The summed E-state index contributed by atoms with van der Waals surface area (Å²) in [6.45, 7) is 7.24. The Balaban J connectivity index is 0.00000364. The highest BCUT2D eigenvalue weighted by atomic mass is 127. The molecule has 2 N–H and O–H groups in total. The van der Waals surface area contributed by atoms with Gasteiger partial charge in [0, 0.05) is 37.9 Å². The number of nitrogens with zero attached hydrogens (tertiary/aromatic N) is 2. The topological polar surface area (TPSA) is 58.4 Å². The fraction of sp³-hybridized carbons (Fsp3) is 0.429. The maximum Gasteiger partial charge on any atom is 0.250 e. The molecule has 5 nitrogen and oxygen atoms in total. The second-order valence-electron chi connectivity index (χ2n) is 6.29. The number of benzene rings is 1. The summed E-state index contributed by atoms with van der Waals surface area (Å²) < 4.78 is 1.83. The largest absolute Gasteiger partial charge is 0.357 e. The number of halogens is 1. The first-order chi connectivity index (χ1) is 12.7. The molecule has 0 saturated heterocycles. The lowest BCUT2D eigenvalue weighted by molar-refractivity contribution is 0.585. The number of hydrogen-bond donors (Lipinski definition) is 2. The molecule has 6 heteroatoms. The third kappa shape index (κ3) is 8.60. The Morgan fingerprint density at radius 1 is 1.04 bits per heavy atom. The van der Waals surface area contributed by atoms with Crippen LogP contribution in [-0.2, 0) is 13.0 Å². The summed E-state index contributed by atoms with van der Waals surface area (Å²) in [5.74, 6) is 0.858. The molecule has 0 spiro atoms. The van der Waals surface area contributed by atoms with Crippen LogP contribution >= 0.6 is 24.0 Å². The molecule has 0 fully saturated rings. The number of aryl methyl sites for hydroxylation is 1. The summed E-state index contributed by atoms with van der Waals surface area (Å²) >= 11 is 0. The van der Waals surface area contributed by atoms with E-state index in [1.54, 1.807) is 6.07 Å². The molecule has 0 aliphatic carbocycles. The average Bonchev–Trinajstić information content (AvgIpc) is 2.64. The van der Waals surface area contributed by atoms with Crippen molar-refractivity contribution in [1.29, 1.82) is 0 Å². The lowest BCUT2D eigenvalue weighted by atomic mass is 10.1. The van der Waals surface area contributed by atoms with Gasteiger partial charge < -0.3 is 15.2 Å². The van der Waals surface area contributed by atoms with Crippen LogP contribution in [0, 0.1) is 6.92 Å². The summed E-state index contributed by atoms with van der Waals surface area (Å²) in [5, 5.41) is 6.66. The summed E-state index contributed by atoms with van der Waals surface area (Å²) in [6, 6.07) is 15.8. The van der Waals surface area contributed by atoms with E-state index in [0.29, 0.717) is 0 Å². The molecule has 2 aromatic rings. The maximum atomic E-state index is 11.8. The number of pyridine rings is 1. The predicted octanol–water partition coefficient (Wildman–Crippen LogP) is 3.35. The quantitative estimate of drug-likeness (QED) is 0.250. The molecule has 0 aliphatic rings. The van der Waals surface area contributed by atoms with Crippen LogP contribution in [-0.4, -0.2) is 30.2 Å². The van der Waals surface area contributed by atoms with Gasteiger partial charge in [-0.1, -0.05) is 36.4 Å². The van der Waals surface area contributed by atoms with Crippen LogP contribution < -0.4 is 16.2 Å². The van der Waals surface area contributed by atoms with Gasteiger partial charge in [-0.3, -0.25) is 9.79 Å². The molecule has 0 amide bonds. The number of nitrogens with one attached hydrogen (secondary N) is 2. The smallest absolute Gasteiger partial charge is 0.250 e. The number of aliphatic imine (C=N–C) groups is 1. The van der Waals surface area contributed by atoms with Gasteiger partial charge >= 0.3 is 0 Å². The minimum absolute atomic E-state index is 0. The van der Waals surface area contributed by atoms with Crippen LogP contribution in [0.2, 0.25) is 0 Å². The van der Waals surface area contributed by atoms with Crippen LogP contribution in [0.15, 0.2) is 58.3 Å². The van der Waals surface area contributed by atoms with Gasteiger partial charge in [-0.05, 0) is 44.7 Å². The van der Waals surface area contributed by atoms with Crippen molar-refractivity contribution in [3.05, 3.63) is 70.1 Å². The van der Waals surface area contributed by atoms with Crippen molar-refractivity contribution in [2.45, 2.75) is 39.7 Å². The fourth-order valence-electron chi connectivity index (χ4n) is 2.79. The Hall–Kier alpha value is -1.83. The van der Waals surface area contributed by atoms with Crippen molar-refractivity contribution in [2.75, 3.05) is 19.6 Å². The second-order valence-corrected chi connectivity index (χ2v) is 6.29. The zero-order chi connectivity index (χ0) is 18.6. The first-order valence-corrected chi connectivity index (χ1v) is 9.43. The van der Waals surface area contributed by atoms with Crippen molar-refractivity contribution in [3.8, 4) is 0 Å². The second kappa shape index (κ2) is 13.4. The van der Waals surface area contributed by atoms with Gasteiger partial charge in [0.15, 0.2) is 5.96 Å². The molecule has 0 saturated carbocycles. The highest BCUT2D eigenvalue weighted by Gasteiger charge is 2.00. The minimum Gasteiger partial charge on any atom is -0.357 e. The fourth-order valence-corrected chi connectivity index (χ4v) is 2.79. The normalized spacial score (nSPS) is 11.0. The third-order valence-corrected chi connectivity index (χ3v) is 4.22. The van der Waals surface area contributed by atoms with Crippen LogP contribution in [0.5, 0.6) is 0 Å². The van der Waals surface area contributed by atoms with Crippen molar-refractivity contribution >= 4 is 29.9 Å². The summed E-state index contributed by atoms with van der Waals surface area (Å²) in [4.78, 5) is 16.5. The van der Waals surface area contributed by atoms with Crippen molar-refractivity contribution in [1.82, 2.24) is 15.2 Å². The number of aromatic nitrogens is 1. The zero-order valence-corrected chi connectivity index (χ0v) is 18.6. The van der Waals surface area contributed by atoms with E-state index in [4.69, 9.17) is 0 Å². The Morgan fingerprint density at radius 2 is 1.81 bits per heavy atom. The molecule has 0 aliphatic heterocycles. The highest BCUT2D eigenvalue weighted by Crippen LogP contribution is 1.99. The first kappa shape index (κ1) is 23.2. The lowest BCUT2D eigenvalue weighted by Crippen LogP contribution is -2.38. The summed E-state index contributed by atoms with van der Waals surface area (Å²) in [5.41, 5.74) is 2.40. The van der Waals surface area contributed by atoms with Crippen LogP contribution in [0.25, 0.3) is 0 Å². The molecule has 0 atom stereocenters. The van der Waals surface area contributed by atoms with E-state index in [-0.39, 0.29) is 29.5 Å². The molecular weight excluding hydrogens is 451 g/mol. The first-order valence-electron chi connectivity index (χ1n) is 9.43. The highest BCUT2D eigenvalue weighted by molar-refractivity contribution is 14.0. The van der Waals surface area contributed by atoms with Gasteiger partial charge in [-0.2, -0.15) is 0 Å². The molecule has 0 bridgehead atoms. The number of rotatable bonds is 9. The number of unbranched alkanes of at least 4 members (excludes halogenated alkanes) is 1.